The Kier molecular flexibility index (Phi) is 5.21. The zero-order valence-corrected chi connectivity index (χ0v) is 8.94. The van der Waals surface area contributed by atoms with E-state index >= 15 is 0 Å². The molecule has 0 saturated carbocycles. The second-order valence-corrected chi connectivity index (χ2v) is 3.25. The summed E-state index contributed by atoms with van der Waals surface area (Å²) in [5.74, 6) is 0. The summed E-state index contributed by atoms with van der Waals surface area (Å²) in [4.78, 5) is 3.24. The van der Waals surface area contributed by atoms with Gasteiger partial charge in [-0.15, -0.1) is 0 Å². The minimum Gasteiger partial charge on any atom is -0.374 e. The van der Waals surface area contributed by atoms with E-state index < -0.39 is 0 Å². The number of nitrogens with zero attached hydrogens (tertiary/aromatic N) is 1. The molecule has 0 aliphatic heterocycles. The van der Waals surface area contributed by atoms with Crippen molar-refractivity contribution in [2.75, 3.05) is 6.61 Å². The molecule has 0 unspecified atom stereocenters. The number of benzene rings is 1. The van der Waals surface area contributed by atoms with Gasteiger partial charge in [0, 0.05) is 0 Å². The lowest BCUT2D eigenvalue weighted by atomic mass is 10.2. The highest BCUT2D eigenvalue weighted by atomic mass is 16.5. The van der Waals surface area contributed by atoms with E-state index in [9.17, 15) is 0 Å². The van der Waals surface area contributed by atoms with Crippen LogP contribution in [0.5, 0.6) is 0 Å². The first kappa shape index (κ1) is 11.5. The molecule has 0 amide bonds. The maximum absolute atomic E-state index is 6.73. The SMILES string of the molecule is [C-]#[N+]/C=C(/CC)COCc1ccccc1. The Labute approximate surface area is 91.0 Å². The lowest BCUT2D eigenvalue weighted by molar-refractivity contribution is 0.141. The number of ether oxygens (including phenoxy) is 1. The van der Waals surface area contributed by atoms with Crippen LogP contribution in [0.25, 0.3) is 4.85 Å². The van der Waals surface area contributed by atoms with Gasteiger partial charge in [-0.2, -0.15) is 0 Å². The third kappa shape index (κ3) is 4.44. The van der Waals surface area contributed by atoms with Crippen LogP contribution in [-0.4, -0.2) is 6.61 Å². The van der Waals surface area contributed by atoms with Crippen molar-refractivity contribution >= 4 is 0 Å². The fraction of sp³-hybridized carbons (Fsp3) is 0.308. The lowest BCUT2D eigenvalue weighted by Crippen LogP contribution is -1.97. The molecule has 0 aliphatic carbocycles. The van der Waals surface area contributed by atoms with Crippen molar-refractivity contribution in [3.63, 3.8) is 0 Å². The minimum absolute atomic E-state index is 0.549. The molecule has 78 valence electrons. The molecular weight excluding hydrogens is 186 g/mol. The molecule has 0 fully saturated rings. The summed E-state index contributed by atoms with van der Waals surface area (Å²) < 4.78 is 5.51. The first-order chi connectivity index (χ1) is 7.36. The maximum Gasteiger partial charge on any atom is 0.155 e. The van der Waals surface area contributed by atoms with Crippen LogP contribution in [0, 0.1) is 6.57 Å². The lowest BCUT2D eigenvalue weighted by Gasteiger charge is -2.05. The van der Waals surface area contributed by atoms with E-state index in [4.69, 9.17) is 11.3 Å². The molecule has 0 heterocycles. The molecule has 2 nitrogen and oxygen atoms in total. The average molecular weight is 201 g/mol. The van der Waals surface area contributed by atoms with E-state index in [0.29, 0.717) is 13.2 Å². The van der Waals surface area contributed by atoms with Gasteiger partial charge in [0.1, 0.15) is 0 Å². The van der Waals surface area contributed by atoms with Crippen LogP contribution in [0.4, 0.5) is 0 Å². The van der Waals surface area contributed by atoms with Gasteiger partial charge in [-0.25, -0.2) is 4.85 Å². The smallest absolute Gasteiger partial charge is 0.155 e. The second kappa shape index (κ2) is 6.80. The summed E-state index contributed by atoms with van der Waals surface area (Å²) in [7, 11) is 0. The average Bonchev–Trinajstić information content (AvgIpc) is 2.29. The fourth-order valence-corrected chi connectivity index (χ4v) is 1.20. The quantitative estimate of drug-likeness (QED) is 0.665. The highest BCUT2D eigenvalue weighted by molar-refractivity contribution is 5.13. The van der Waals surface area contributed by atoms with Crippen LogP contribution >= 0.6 is 0 Å². The highest BCUT2D eigenvalue weighted by Crippen LogP contribution is 2.05. The van der Waals surface area contributed by atoms with Crippen molar-refractivity contribution in [2.45, 2.75) is 20.0 Å². The highest BCUT2D eigenvalue weighted by Gasteiger charge is 1.95. The van der Waals surface area contributed by atoms with Gasteiger partial charge in [0.15, 0.2) is 6.20 Å². The van der Waals surface area contributed by atoms with Gasteiger partial charge in [-0.1, -0.05) is 37.3 Å². The van der Waals surface area contributed by atoms with Crippen molar-refractivity contribution < 1.29 is 4.74 Å². The van der Waals surface area contributed by atoms with Crippen LogP contribution in [0.2, 0.25) is 0 Å². The minimum atomic E-state index is 0.549. The fourth-order valence-electron chi connectivity index (χ4n) is 1.20. The predicted octanol–water partition coefficient (Wildman–Crippen LogP) is 3.42. The van der Waals surface area contributed by atoms with Gasteiger partial charge in [0.25, 0.3) is 0 Å². The molecular formula is C13H15NO. The molecule has 15 heavy (non-hydrogen) atoms. The van der Waals surface area contributed by atoms with Crippen molar-refractivity contribution in [1.29, 1.82) is 0 Å². The maximum atomic E-state index is 6.73. The molecule has 0 radical (unpaired) electrons. The van der Waals surface area contributed by atoms with Gasteiger partial charge < -0.3 is 4.74 Å². The normalized spacial score (nSPS) is 11.1. The summed E-state index contributed by atoms with van der Waals surface area (Å²) in [6.07, 6.45) is 2.42. The Morgan fingerprint density at radius 3 is 2.73 bits per heavy atom. The van der Waals surface area contributed by atoms with Crippen LogP contribution < -0.4 is 0 Å². The Morgan fingerprint density at radius 1 is 1.40 bits per heavy atom. The summed E-state index contributed by atoms with van der Waals surface area (Å²) in [6, 6.07) is 10.0. The van der Waals surface area contributed by atoms with Crippen LogP contribution in [0.15, 0.2) is 42.1 Å². The Hall–Kier alpha value is -1.59. The number of hydrogen-bond donors (Lipinski definition) is 0. The van der Waals surface area contributed by atoms with Crippen molar-refractivity contribution in [3.8, 4) is 0 Å². The van der Waals surface area contributed by atoms with E-state index in [1.807, 2.05) is 37.3 Å². The van der Waals surface area contributed by atoms with E-state index in [-0.39, 0.29) is 0 Å². The predicted molar refractivity (Wildman–Crippen MR) is 61.1 cm³/mol. The molecule has 0 saturated heterocycles. The van der Waals surface area contributed by atoms with Crippen LogP contribution in [-0.2, 0) is 11.3 Å². The summed E-state index contributed by atoms with van der Waals surface area (Å²) in [5, 5.41) is 0. The Bertz CT molecular complexity index is 349. The van der Waals surface area contributed by atoms with Gasteiger partial charge in [0.05, 0.1) is 19.8 Å². The molecule has 0 aromatic heterocycles. The zero-order valence-electron chi connectivity index (χ0n) is 8.94. The topological polar surface area (TPSA) is 13.6 Å². The third-order valence-corrected chi connectivity index (χ3v) is 2.10. The van der Waals surface area contributed by atoms with Crippen LogP contribution in [0.3, 0.4) is 0 Å². The zero-order chi connectivity index (χ0) is 10.9. The molecule has 0 aliphatic rings. The van der Waals surface area contributed by atoms with E-state index in [1.54, 1.807) is 6.20 Å². The van der Waals surface area contributed by atoms with Crippen molar-refractivity contribution in [3.05, 3.63) is 59.1 Å². The second-order valence-electron chi connectivity index (χ2n) is 3.25. The summed E-state index contributed by atoms with van der Waals surface area (Å²) in [5.41, 5.74) is 2.21. The molecule has 0 N–H and O–H groups in total. The Morgan fingerprint density at radius 2 is 2.13 bits per heavy atom. The number of hydrogen-bond acceptors (Lipinski definition) is 1. The van der Waals surface area contributed by atoms with E-state index in [1.165, 1.54) is 0 Å². The van der Waals surface area contributed by atoms with Gasteiger partial charge >= 0.3 is 0 Å². The largest absolute Gasteiger partial charge is 0.374 e. The summed E-state index contributed by atoms with van der Waals surface area (Å²) >= 11 is 0. The molecule has 0 spiro atoms. The van der Waals surface area contributed by atoms with Gasteiger partial charge in [-0.05, 0) is 17.6 Å². The number of rotatable bonds is 5. The standard InChI is InChI=1S/C13H15NO/c1-3-12(9-14-2)10-15-11-13-7-5-4-6-8-13/h4-9H,3,10-11H2,1H3/b12-9-. The molecule has 0 bridgehead atoms. The summed E-state index contributed by atoms with van der Waals surface area (Å²) in [6.45, 7) is 9.92. The van der Waals surface area contributed by atoms with Gasteiger partial charge in [0.2, 0.25) is 0 Å². The van der Waals surface area contributed by atoms with Crippen molar-refractivity contribution in [1.82, 2.24) is 0 Å². The van der Waals surface area contributed by atoms with E-state index in [2.05, 4.69) is 4.85 Å². The van der Waals surface area contributed by atoms with Gasteiger partial charge in [-0.3, -0.25) is 0 Å². The van der Waals surface area contributed by atoms with Crippen molar-refractivity contribution in [2.24, 2.45) is 0 Å². The Balaban J connectivity index is 2.34. The molecule has 0 atom stereocenters. The molecule has 2 heteroatoms. The molecule has 1 aromatic carbocycles. The molecule has 1 rings (SSSR count). The molecule has 1 aromatic rings. The van der Waals surface area contributed by atoms with Crippen LogP contribution in [0.1, 0.15) is 18.9 Å². The third-order valence-electron chi connectivity index (χ3n) is 2.10. The first-order valence-corrected chi connectivity index (χ1v) is 5.03. The first-order valence-electron chi connectivity index (χ1n) is 5.03. The monoisotopic (exact) mass is 201 g/mol. The van der Waals surface area contributed by atoms with E-state index in [0.717, 1.165) is 17.6 Å².